The van der Waals surface area contributed by atoms with Crippen molar-refractivity contribution < 1.29 is 4.79 Å². The topological polar surface area (TPSA) is 17.1 Å². The molecule has 0 saturated heterocycles. The molecular formula is C13H22O. The van der Waals surface area contributed by atoms with Gasteiger partial charge in [-0.05, 0) is 29.6 Å². The summed E-state index contributed by atoms with van der Waals surface area (Å²) in [4.78, 5) is 12.0. The lowest BCUT2D eigenvalue weighted by molar-refractivity contribution is -0.128. The molecule has 0 aromatic heterocycles. The third-order valence-electron chi connectivity index (χ3n) is 4.93. The Morgan fingerprint density at radius 2 is 1.86 bits per heavy atom. The maximum absolute atomic E-state index is 12.0. The van der Waals surface area contributed by atoms with E-state index in [1.54, 1.807) is 0 Å². The van der Waals surface area contributed by atoms with E-state index >= 15 is 0 Å². The summed E-state index contributed by atoms with van der Waals surface area (Å²) >= 11 is 0. The van der Waals surface area contributed by atoms with Gasteiger partial charge >= 0.3 is 0 Å². The molecule has 0 amide bonds. The van der Waals surface area contributed by atoms with E-state index in [-0.39, 0.29) is 5.41 Å². The van der Waals surface area contributed by atoms with E-state index in [4.69, 9.17) is 0 Å². The molecule has 0 aromatic carbocycles. The molecule has 0 bridgehead atoms. The van der Waals surface area contributed by atoms with Crippen molar-refractivity contribution in [1.82, 2.24) is 0 Å². The summed E-state index contributed by atoms with van der Waals surface area (Å²) in [5.41, 5.74) is 0.549. The second-order valence-corrected chi connectivity index (χ2v) is 6.35. The van der Waals surface area contributed by atoms with Crippen molar-refractivity contribution >= 4 is 5.78 Å². The fourth-order valence-corrected chi connectivity index (χ4v) is 4.09. The minimum absolute atomic E-state index is 0.245. The van der Waals surface area contributed by atoms with Crippen LogP contribution >= 0.6 is 0 Å². The first-order chi connectivity index (χ1) is 6.38. The number of Topliss-reactive ketones (excluding diaryl/α,β-unsaturated/α-hetero) is 1. The van der Waals surface area contributed by atoms with Crippen LogP contribution in [0.15, 0.2) is 0 Å². The van der Waals surface area contributed by atoms with Gasteiger partial charge in [0.25, 0.3) is 0 Å². The molecule has 0 aliphatic heterocycles. The Hall–Kier alpha value is -0.330. The van der Waals surface area contributed by atoms with Crippen molar-refractivity contribution in [2.75, 3.05) is 0 Å². The monoisotopic (exact) mass is 194 g/mol. The third-order valence-corrected chi connectivity index (χ3v) is 4.93. The number of hydrogen-bond donors (Lipinski definition) is 0. The van der Waals surface area contributed by atoms with Gasteiger partial charge in [0.15, 0.2) is 0 Å². The fourth-order valence-electron chi connectivity index (χ4n) is 4.09. The van der Waals surface area contributed by atoms with E-state index in [1.165, 1.54) is 19.3 Å². The van der Waals surface area contributed by atoms with Crippen molar-refractivity contribution in [2.24, 2.45) is 22.7 Å². The van der Waals surface area contributed by atoms with E-state index < -0.39 is 0 Å². The van der Waals surface area contributed by atoms with Crippen molar-refractivity contribution in [2.45, 2.75) is 53.4 Å². The highest BCUT2D eigenvalue weighted by Gasteiger charge is 2.56. The lowest BCUT2D eigenvalue weighted by Crippen LogP contribution is -2.43. The molecule has 0 radical (unpaired) electrons. The van der Waals surface area contributed by atoms with Crippen LogP contribution in [0, 0.1) is 22.7 Å². The quantitative estimate of drug-likeness (QED) is 0.577. The average molecular weight is 194 g/mol. The van der Waals surface area contributed by atoms with E-state index in [0.717, 1.165) is 6.42 Å². The lowest BCUT2D eigenvalue weighted by Gasteiger charge is -2.47. The van der Waals surface area contributed by atoms with Gasteiger partial charge in [-0.2, -0.15) is 0 Å². The lowest BCUT2D eigenvalue weighted by atomic mass is 9.56. The summed E-state index contributed by atoms with van der Waals surface area (Å²) in [5, 5.41) is 0. The largest absolute Gasteiger partial charge is 0.299 e. The van der Waals surface area contributed by atoms with E-state index in [1.807, 2.05) is 0 Å². The van der Waals surface area contributed by atoms with Crippen molar-refractivity contribution in [3.8, 4) is 0 Å². The molecule has 2 rings (SSSR count). The molecule has 0 heterocycles. The predicted molar refractivity (Wildman–Crippen MR) is 58.0 cm³/mol. The second-order valence-electron chi connectivity index (χ2n) is 6.35. The van der Waals surface area contributed by atoms with Crippen LogP contribution in [-0.2, 0) is 4.79 Å². The summed E-state index contributed by atoms with van der Waals surface area (Å²) in [6.45, 7) is 9.17. The molecule has 2 saturated carbocycles. The molecule has 0 aromatic rings. The minimum Gasteiger partial charge on any atom is -0.299 e. The zero-order valence-corrected chi connectivity index (χ0v) is 9.89. The second kappa shape index (κ2) is 2.84. The van der Waals surface area contributed by atoms with Gasteiger partial charge in [-0.3, -0.25) is 4.79 Å². The minimum atomic E-state index is 0.245. The molecular weight excluding hydrogens is 172 g/mol. The molecule has 0 spiro atoms. The Labute approximate surface area is 87.3 Å². The van der Waals surface area contributed by atoms with Crippen LogP contribution in [0.25, 0.3) is 0 Å². The van der Waals surface area contributed by atoms with E-state index in [9.17, 15) is 4.79 Å². The normalized spacial score (nSPS) is 46.4. The van der Waals surface area contributed by atoms with Crippen LogP contribution in [0.1, 0.15) is 53.4 Å². The van der Waals surface area contributed by atoms with E-state index in [0.29, 0.717) is 23.0 Å². The first-order valence-corrected chi connectivity index (χ1v) is 5.91. The molecule has 0 N–H and O–H groups in total. The molecule has 0 unspecified atom stereocenters. The van der Waals surface area contributed by atoms with Gasteiger partial charge in [-0.1, -0.05) is 34.1 Å². The molecule has 1 nitrogen and oxygen atoms in total. The number of fused-ring (bicyclic) bond motifs is 1. The van der Waals surface area contributed by atoms with Crippen LogP contribution in [0.4, 0.5) is 0 Å². The first kappa shape index (κ1) is 10.2. The number of ketones is 1. The number of hydrogen-bond acceptors (Lipinski definition) is 1. The van der Waals surface area contributed by atoms with Crippen LogP contribution in [-0.4, -0.2) is 5.78 Å². The fraction of sp³-hybridized carbons (Fsp3) is 0.923. The molecule has 3 atom stereocenters. The highest BCUT2D eigenvalue weighted by atomic mass is 16.1. The van der Waals surface area contributed by atoms with Gasteiger partial charge in [0, 0.05) is 12.3 Å². The van der Waals surface area contributed by atoms with Crippen LogP contribution in [0.2, 0.25) is 0 Å². The van der Waals surface area contributed by atoms with Crippen molar-refractivity contribution in [1.29, 1.82) is 0 Å². The van der Waals surface area contributed by atoms with Gasteiger partial charge in [-0.15, -0.1) is 0 Å². The zero-order chi connectivity index (χ0) is 10.6. The highest BCUT2D eigenvalue weighted by Crippen LogP contribution is 2.59. The van der Waals surface area contributed by atoms with Gasteiger partial charge in [0.2, 0.25) is 0 Å². The van der Waals surface area contributed by atoms with Crippen LogP contribution in [0.5, 0.6) is 0 Å². The predicted octanol–water partition coefficient (Wildman–Crippen LogP) is 3.43. The molecule has 2 aliphatic rings. The highest BCUT2D eigenvalue weighted by molar-refractivity contribution is 5.85. The molecule has 14 heavy (non-hydrogen) atoms. The number of carbonyl (C=O) groups excluding carboxylic acids is 1. The van der Waals surface area contributed by atoms with Gasteiger partial charge in [0.05, 0.1) is 0 Å². The molecule has 80 valence electrons. The Morgan fingerprint density at radius 1 is 1.21 bits per heavy atom. The number of carbonyl (C=O) groups is 1. The standard InChI is InChI=1S/C13H22O/c1-9-8-10(14)11-12(2,3)6-5-7-13(9,11)4/h9,11H,5-8H2,1-4H3/t9-,11+,13+/m1/s1. The first-order valence-electron chi connectivity index (χ1n) is 5.91. The smallest absolute Gasteiger partial charge is 0.137 e. The molecule has 1 heteroatoms. The Kier molecular flexibility index (Phi) is 2.06. The number of rotatable bonds is 0. The summed E-state index contributed by atoms with van der Waals surface area (Å²) in [6.07, 6.45) is 4.61. The maximum atomic E-state index is 12.0. The van der Waals surface area contributed by atoms with Crippen LogP contribution in [0.3, 0.4) is 0 Å². The van der Waals surface area contributed by atoms with Crippen LogP contribution < -0.4 is 0 Å². The van der Waals surface area contributed by atoms with Crippen molar-refractivity contribution in [3.63, 3.8) is 0 Å². The van der Waals surface area contributed by atoms with Gasteiger partial charge in [-0.25, -0.2) is 0 Å². The maximum Gasteiger partial charge on any atom is 0.137 e. The van der Waals surface area contributed by atoms with Gasteiger partial charge < -0.3 is 0 Å². The Morgan fingerprint density at radius 3 is 2.43 bits per heavy atom. The molecule has 2 aliphatic carbocycles. The summed E-state index contributed by atoms with van der Waals surface area (Å²) in [5.74, 6) is 1.46. The average Bonchev–Trinajstić information content (AvgIpc) is 2.22. The van der Waals surface area contributed by atoms with Crippen molar-refractivity contribution in [3.05, 3.63) is 0 Å². The SMILES string of the molecule is C[C@@H]1CC(=O)[C@H]2C(C)(C)CCC[C@@]12C. The summed E-state index contributed by atoms with van der Waals surface area (Å²) in [6, 6.07) is 0. The summed E-state index contributed by atoms with van der Waals surface area (Å²) in [7, 11) is 0. The molecule has 2 fully saturated rings. The van der Waals surface area contributed by atoms with E-state index in [2.05, 4.69) is 27.7 Å². The zero-order valence-electron chi connectivity index (χ0n) is 9.89. The summed E-state index contributed by atoms with van der Waals surface area (Å²) < 4.78 is 0. The third kappa shape index (κ3) is 1.17. The van der Waals surface area contributed by atoms with Gasteiger partial charge in [0.1, 0.15) is 5.78 Å². The Bertz CT molecular complexity index is 266. The Balaban J connectivity index is 2.40.